The Morgan fingerprint density at radius 2 is 1.60 bits per heavy atom. The van der Waals surface area contributed by atoms with Gasteiger partial charge in [0.1, 0.15) is 6.10 Å². The molecule has 132 valence electrons. The van der Waals surface area contributed by atoms with Crippen molar-refractivity contribution in [2.75, 3.05) is 7.11 Å². The Morgan fingerprint density at radius 3 is 2.12 bits per heavy atom. The van der Waals surface area contributed by atoms with E-state index in [9.17, 15) is 9.90 Å². The zero-order valence-corrected chi connectivity index (χ0v) is 14.8. The van der Waals surface area contributed by atoms with Gasteiger partial charge in [0.2, 0.25) is 5.60 Å². The Bertz CT molecular complexity index is 694. The van der Waals surface area contributed by atoms with E-state index in [1.54, 1.807) is 36.4 Å². The van der Waals surface area contributed by atoms with Gasteiger partial charge in [0.05, 0.1) is 13.2 Å². The molecule has 0 spiro atoms. The third kappa shape index (κ3) is 4.56. The lowest BCUT2D eigenvalue weighted by atomic mass is 9.89. The second-order valence-corrected chi connectivity index (χ2v) is 6.01. The molecule has 2 aromatic rings. The van der Waals surface area contributed by atoms with Crippen molar-refractivity contribution in [1.82, 2.24) is 0 Å². The highest BCUT2D eigenvalue weighted by atomic mass is 16.6. The molecule has 0 amide bonds. The first-order chi connectivity index (χ1) is 12.0. The first kappa shape index (κ1) is 18.9. The lowest BCUT2D eigenvalue weighted by Gasteiger charge is -2.34. The van der Waals surface area contributed by atoms with Crippen molar-refractivity contribution in [2.45, 2.75) is 31.7 Å². The number of ether oxygens (including phenoxy) is 2. The van der Waals surface area contributed by atoms with E-state index in [2.05, 4.69) is 0 Å². The Labute approximate surface area is 148 Å². The van der Waals surface area contributed by atoms with E-state index in [1.165, 1.54) is 7.11 Å². The zero-order valence-electron chi connectivity index (χ0n) is 14.8. The fourth-order valence-electron chi connectivity index (χ4n) is 2.64. The summed E-state index contributed by atoms with van der Waals surface area (Å²) in [6.45, 7) is 3.62. The molecule has 2 aromatic carbocycles. The summed E-state index contributed by atoms with van der Waals surface area (Å²) in [6.07, 6.45) is 1.83. The summed E-state index contributed by atoms with van der Waals surface area (Å²) in [4.78, 5) is 12.6. The van der Waals surface area contributed by atoms with Gasteiger partial charge in [-0.15, -0.1) is 0 Å². The van der Waals surface area contributed by atoms with E-state index in [4.69, 9.17) is 9.47 Å². The summed E-state index contributed by atoms with van der Waals surface area (Å²) in [6, 6.07) is 18.5. The highest BCUT2D eigenvalue weighted by Gasteiger charge is 2.47. The minimum absolute atomic E-state index is 0.294. The normalized spacial score (nSPS) is 15.1. The fraction of sp³-hybridized carbons (Fsp3) is 0.286. The average molecular weight is 340 g/mol. The van der Waals surface area contributed by atoms with Crippen molar-refractivity contribution >= 4 is 12.0 Å². The molecular weight excluding hydrogens is 316 g/mol. The number of aliphatic hydroxyl groups excluding tert-OH is 1. The van der Waals surface area contributed by atoms with Crippen molar-refractivity contribution in [3.05, 3.63) is 77.9 Å². The zero-order chi connectivity index (χ0) is 18.3. The van der Waals surface area contributed by atoms with Gasteiger partial charge in [-0.25, -0.2) is 4.79 Å². The Hall–Kier alpha value is -2.43. The summed E-state index contributed by atoms with van der Waals surface area (Å²) in [5.74, 6) is -0.648. The van der Waals surface area contributed by atoms with Gasteiger partial charge >= 0.3 is 5.97 Å². The van der Waals surface area contributed by atoms with Gasteiger partial charge in [0.25, 0.3) is 0 Å². The molecule has 1 N–H and O–H groups in total. The van der Waals surface area contributed by atoms with Crippen molar-refractivity contribution < 1.29 is 19.4 Å². The SMILES string of the molecule is COC(=O)[C@@](/C=C/c1ccccc1)(OC(C)C)[C@@H](O)c1ccccc1. The third-order valence-corrected chi connectivity index (χ3v) is 3.78. The van der Waals surface area contributed by atoms with Crippen molar-refractivity contribution in [1.29, 1.82) is 0 Å². The largest absolute Gasteiger partial charge is 0.467 e. The topological polar surface area (TPSA) is 55.8 Å². The number of aliphatic hydroxyl groups is 1. The minimum atomic E-state index is -1.64. The van der Waals surface area contributed by atoms with E-state index < -0.39 is 17.7 Å². The summed E-state index contributed by atoms with van der Waals surface area (Å²) in [5, 5.41) is 11.0. The molecule has 2 atom stereocenters. The fourth-order valence-corrected chi connectivity index (χ4v) is 2.64. The lowest BCUT2D eigenvalue weighted by molar-refractivity contribution is -0.183. The number of carbonyl (C=O) groups is 1. The van der Waals surface area contributed by atoms with Crippen LogP contribution in [0.2, 0.25) is 0 Å². The second kappa shape index (κ2) is 8.60. The van der Waals surface area contributed by atoms with Gasteiger partial charge in [0.15, 0.2) is 0 Å². The maximum Gasteiger partial charge on any atom is 0.345 e. The molecule has 0 radical (unpaired) electrons. The van der Waals surface area contributed by atoms with Crippen LogP contribution in [0.25, 0.3) is 6.08 Å². The monoisotopic (exact) mass is 340 g/mol. The van der Waals surface area contributed by atoms with Gasteiger partial charge in [0, 0.05) is 0 Å². The number of hydrogen-bond donors (Lipinski definition) is 1. The minimum Gasteiger partial charge on any atom is -0.467 e. The summed E-state index contributed by atoms with van der Waals surface area (Å²) < 4.78 is 10.9. The molecule has 4 nitrogen and oxygen atoms in total. The van der Waals surface area contributed by atoms with Crippen LogP contribution in [-0.2, 0) is 14.3 Å². The first-order valence-electron chi connectivity index (χ1n) is 8.23. The first-order valence-corrected chi connectivity index (χ1v) is 8.23. The predicted octanol–water partition coefficient (Wildman–Crippen LogP) is 3.77. The molecule has 0 aliphatic rings. The van der Waals surface area contributed by atoms with Crippen LogP contribution >= 0.6 is 0 Å². The molecule has 0 fully saturated rings. The number of hydrogen-bond acceptors (Lipinski definition) is 4. The van der Waals surface area contributed by atoms with E-state index in [-0.39, 0.29) is 6.10 Å². The van der Waals surface area contributed by atoms with E-state index in [1.807, 2.05) is 50.2 Å². The highest BCUT2D eigenvalue weighted by Crippen LogP contribution is 2.34. The quantitative estimate of drug-likeness (QED) is 0.780. The third-order valence-electron chi connectivity index (χ3n) is 3.78. The maximum absolute atomic E-state index is 12.6. The van der Waals surface area contributed by atoms with Crippen LogP contribution in [0, 0.1) is 0 Å². The molecule has 0 saturated heterocycles. The molecule has 0 aliphatic carbocycles. The Kier molecular flexibility index (Phi) is 6.51. The molecule has 25 heavy (non-hydrogen) atoms. The maximum atomic E-state index is 12.6. The molecule has 0 saturated carbocycles. The molecule has 0 bridgehead atoms. The van der Waals surface area contributed by atoms with Crippen molar-refractivity contribution in [3.8, 4) is 0 Å². The summed E-state index contributed by atoms with van der Waals surface area (Å²) in [5.41, 5.74) is -0.172. The molecule has 0 aliphatic heterocycles. The number of rotatable bonds is 7. The average Bonchev–Trinajstić information content (AvgIpc) is 2.65. The van der Waals surface area contributed by atoms with Crippen LogP contribution in [0.5, 0.6) is 0 Å². The number of carbonyl (C=O) groups excluding carboxylic acids is 1. The van der Waals surface area contributed by atoms with Gasteiger partial charge < -0.3 is 14.6 Å². The van der Waals surface area contributed by atoms with Crippen LogP contribution in [0.3, 0.4) is 0 Å². The van der Waals surface area contributed by atoms with Crippen LogP contribution < -0.4 is 0 Å². The van der Waals surface area contributed by atoms with E-state index in [0.29, 0.717) is 5.56 Å². The molecule has 0 heterocycles. The summed E-state index contributed by atoms with van der Waals surface area (Å²) in [7, 11) is 1.29. The summed E-state index contributed by atoms with van der Waals surface area (Å²) >= 11 is 0. The highest BCUT2D eigenvalue weighted by molar-refractivity contribution is 5.84. The second-order valence-electron chi connectivity index (χ2n) is 6.01. The predicted molar refractivity (Wildman–Crippen MR) is 97.8 cm³/mol. The van der Waals surface area contributed by atoms with E-state index >= 15 is 0 Å². The molecule has 2 rings (SSSR count). The molecule has 0 aromatic heterocycles. The molecule has 4 heteroatoms. The van der Waals surface area contributed by atoms with Crippen LogP contribution in [0.15, 0.2) is 66.7 Å². The number of methoxy groups -OCH3 is 1. The Morgan fingerprint density at radius 1 is 1.04 bits per heavy atom. The Balaban J connectivity index is 2.51. The smallest absolute Gasteiger partial charge is 0.345 e. The van der Waals surface area contributed by atoms with Gasteiger partial charge in [-0.1, -0.05) is 66.7 Å². The van der Waals surface area contributed by atoms with Crippen LogP contribution in [-0.4, -0.2) is 29.9 Å². The van der Waals surface area contributed by atoms with Crippen LogP contribution in [0.1, 0.15) is 31.1 Å². The van der Waals surface area contributed by atoms with Gasteiger partial charge in [-0.3, -0.25) is 0 Å². The van der Waals surface area contributed by atoms with Crippen LogP contribution in [0.4, 0.5) is 0 Å². The van der Waals surface area contributed by atoms with Crippen molar-refractivity contribution in [3.63, 3.8) is 0 Å². The molecular formula is C21H24O4. The number of benzene rings is 2. The van der Waals surface area contributed by atoms with Crippen molar-refractivity contribution in [2.24, 2.45) is 0 Å². The molecule has 0 unspecified atom stereocenters. The van der Waals surface area contributed by atoms with Gasteiger partial charge in [-0.05, 0) is 31.1 Å². The lowest BCUT2D eigenvalue weighted by Crippen LogP contribution is -2.48. The standard InChI is InChI=1S/C21H24O4/c1-16(2)25-21(20(23)24-3,15-14-17-10-6-4-7-11-17)19(22)18-12-8-5-9-13-18/h4-16,19,22H,1-3H3/b15-14+/t19-,21-/m0/s1. The number of esters is 1. The van der Waals surface area contributed by atoms with Gasteiger partial charge in [-0.2, -0.15) is 0 Å². The van der Waals surface area contributed by atoms with E-state index in [0.717, 1.165) is 5.56 Å².